The van der Waals surface area contributed by atoms with Gasteiger partial charge in [0, 0.05) is 19.5 Å². The van der Waals surface area contributed by atoms with Gasteiger partial charge in [0.1, 0.15) is 5.75 Å². The van der Waals surface area contributed by atoms with E-state index in [-0.39, 0.29) is 11.8 Å². The lowest BCUT2D eigenvalue weighted by Gasteiger charge is -2.33. The summed E-state index contributed by atoms with van der Waals surface area (Å²) in [5, 5.41) is 3.05. The molecular formula is C20H29N3O3. The third-order valence-electron chi connectivity index (χ3n) is 5.38. The van der Waals surface area contributed by atoms with E-state index in [1.807, 2.05) is 24.3 Å². The number of hydrogen-bond donors (Lipinski definition) is 1. The minimum atomic E-state index is -0.517. The molecule has 2 heterocycles. The normalized spacial score (nSPS) is 21.2. The fourth-order valence-corrected chi connectivity index (χ4v) is 3.66. The summed E-state index contributed by atoms with van der Waals surface area (Å²) in [6.45, 7) is 8.39. The van der Waals surface area contributed by atoms with Crippen molar-refractivity contribution in [3.05, 3.63) is 24.3 Å². The first-order valence-corrected chi connectivity index (χ1v) is 9.64. The minimum absolute atomic E-state index is 0.00680. The second kappa shape index (κ2) is 8.54. The van der Waals surface area contributed by atoms with Crippen molar-refractivity contribution < 1.29 is 14.3 Å². The molecule has 1 aromatic carbocycles. The van der Waals surface area contributed by atoms with E-state index >= 15 is 0 Å². The van der Waals surface area contributed by atoms with Gasteiger partial charge in [-0.2, -0.15) is 0 Å². The fraction of sp³-hybridized carbons (Fsp3) is 0.600. The van der Waals surface area contributed by atoms with Gasteiger partial charge in [-0.05, 0) is 57.5 Å². The SMILES string of the molecule is CCN1CCC(CNC(=O)CCN2C(=O)[C@@H](C)Oc3ccccc32)CC1. The van der Waals surface area contributed by atoms with Gasteiger partial charge in [-0.15, -0.1) is 0 Å². The lowest BCUT2D eigenvalue weighted by atomic mass is 9.97. The molecule has 26 heavy (non-hydrogen) atoms. The van der Waals surface area contributed by atoms with E-state index in [0.29, 0.717) is 24.6 Å². The Morgan fingerprint density at radius 3 is 2.73 bits per heavy atom. The van der Waals surface area contributed by atoms with Crippen molar-refractivity contribution in [2.45, 2.75) is 39.2 Å². The number of carbonyl (C=O) groups excluding carboxylic acids is 2. The van der Waals surface area contributed by atoms with Gasteiger partial charge in [0.15, 0.2) is 6.10 Å². The van der Waals surface area contributed by atoms with Gasteiger partial charge in [-0.3, -0.25) is 9.59 Å². The van der Waals surface area contributed by atoms with Crippen molar-refractivity contribution in [1.82, 2.24) is 10.2 Å². The summed E-state index contributed by atoms with van der Waals surface area (Å²) in [4.78, 5) is 28.8. The Kier molecular flexibility index (Phi) is 6.14. The van der Waals surface area contributed by atoms with E-state index < -0.39 is 6.10 Å². The predicted octanol–water partition coefficient (Wildman–Crippen LogP) is 2.04. The second-order valence-corrected chi connectivity index (χ2v) is 7.15. The summed E-state index contributed by atoms with van der Waals surface area (Å²) >= 11 is 0. The molecule has 0 saturated carbocycles. The van der Waals surface area contributed by atoms with Gasteiger partial charge >= 0.3 is 0 Å². The first kappa shape index (κ1) is 18.7. The number of amides is 2. The van der Waals surface area contributed by atoms with Crippen LogP contribution in [0.15, 0.2) is 24.3 Å². The van der Waals surface area contributed by atoms with E-state index in [1.54, 1.807) is 11.8 Å². The summed E-state index contributed by atoms with van der Waals surface area (Å²) in [6, 6.07) is 7.48. The summed E-state index contributed by atoms with van der Waals surface area (Å²) in [6.07, 6.45) is 2.07. The molecule has 0 aliphatic carbocycles. The number of rotatable bonds is 6. The largest absolute Gasteiger partial charge is 0.479 e. The molecule has 3 rings (SSSR count). The highest BCUT2D eigenvalue weighted by molar-refractivity contribution is 6.00. The van der Waals surface area contributed by atoms with Crippen molar-refractivity contribution >= 4 is 17.5 Å². The van der Waals surface area contributed by atoms with E-state index in [0.717, 1.165) is 44.7 Å². The van der Waals surface area contributed by atoms with Crippen molar-refractivity contribution in [1.29, 1.82) is 0 Å². The van der Waals surface area contributed by atoms with Crippen molar-refractivity contribution in [2.75, 3.05) is 37.6 Å². The first-order chi connectivity index (χ1) is 12.6. The molecule has 1 atom stereocenters. The van der Waals surface area contributed by atoms with Crippen molar-refractivity contribution in [3.8, 4) is 5.75 Å². The molecule has 0 aromatic heterocycles. The van der Waals surface area contributed by atoms with Gasteiger partial charge in [0.2, 0.25) is 5.91 Å². The van der Waals surface area contributed by atoms with E-state index in [4.69, 9.17) is 4.74 Å². The molecule has 0 radical (unpaired) electrons. The van der Waals surface area contributed by atoms with Crippen LogP contribution < -0.4 is 15.0 Å². The molecular weight excluding hydrogens is 330 g/mol. The number of hydrogen-bond acceptors (Lipinski definition) is 4. The number of benzene rings is 1. The number of ether oxygens (including phenoxy) is 1. The molecule has 1 saturated heterocycles. The van der Waals surface area contributed by atoms with Crippen molar-refractivity contribution in [2.24, 2.45) is 5.92 Å². The molecule has 2 aliphatic heterocycles. The Hall–Kier alpha value is -2.08. The fourth-order valence-electron chi connectivity index (χ4n) is 3.66. The Morgan fingerprint density at radius 2 is 2.00 bits per heavy atom. The molecule has 0 spiro atoms. The average Bonchev–Trinajstić information content (AvgIpc) is 2.67. The van der Waals surface area contributed by atoms with Crippen LogP contribution in [0.1, 0.15) is 33.1 Å². The number of anilines is 1. The van der Waals surface area contributed by atoms with Gasteiger partial charge < -0.3 is 19.9 Å². The summed E-state index contributed by atoms with van der Waals surface area (Å²) < 4.78 is 5.63. The van der Waals surface area contributed by atoms with Crippen LogP contribution in [-0.4, -0.2) is 55.5 Å². The number of nitrogens with zero attached hydrogens (tertiary/aromatic N) is 2. The second-order valence-electron chi connectivity index (χ2n) is 7.15. The van der Waals surface area contributed by atoms with Crippen LogP contribution in [0.25, 0.3) is 0 Å². The molecule has 6 heteroatoms. The van der Waals surface area contributed by atoms with Crippen LogP contribution in [0.2, 0.25) is 0 Å². The Morgan fingerprint density at radius 1 is 1.27 bits per heavy atom. The Balaban J connectivity index is 1.48. The molecule has 1 fully saturated rings. The van der Waals surface area contributed by atoms with Gasteiger partial charge in [-0.25, -0.2) is 0 Å². The van der Waals surface area contributed by atoms with Crippen LogP contribution in [0.5, 0.6) is 5.75 Å². The third kappa shape index (κ3) is 4.36. The first-order valence-electron chi connectivity index (χ1n) is 9.64. The molecule has 1 N–H and O–H groups in total. The van der Waals surface area contributed by atoms with E-state index in [2.05, 4.69) is 17.1 Å². The zero-order valence-electron chi connectivity index (χ0n) is 15.7. The smallest absolute Gasteiger partial charge is 0.267 e. The Labute approximate surface area is 155 Å². The number of para-hydroxylation sites is 2. The molecule has 1 aromatic rings. The molecule has 0 unspecified atom stereocenters. The highest BCUT2D eigenvalue weighted by atomic mass is 16.5. The van der Waals surface area contributed by atoms with Crippen LogP contribution in [-0.2, 0) is 9.59 Å². The van der Waals surface area contributed by atoms with Crippen LogP contribution in [0, 0.1) is 5.92 Å². The highest BCUT2D eigenvalue weighted by Crippen LogP contribution is 2.33. The maximum Gasteiger partial charge on any atom is 0.267 e. The minimum Gasteiger partial charge on any atom is -0.479 e. The number of nitrogens with one attached hydrogen (secondary N) is 1. The molecule has 0 bridgehead atoms. The summed E-state index contributed by atoms with van der Waals surface area (Å²) in [7, 11) is 0. The van der Waals surface area contributed by atoms with Gasteiger partial charge in [-0.1, -0.05) is 19.1 Å². The monoisotopic (exact) mass is 359 g/mol. The number of carbonyl (C=O) groups is 2. The standard InChI is InChI=1S/C20H29N3O3/c1-3-22-11-8-16(9-12-22)14-21-19(24)10-13-23-17-6-4-5-7-18(17)26-15(2)20(23)25/h4-7,15-16H,3,8-14H2,1-2H3,(H,21,24)/t15-/m1/s1. The quantitative estimate of drug-likeness (QED) is 0.844. The Bertz CT molecular complexity index is 641. The lowest BCUT2D eigenvalue weighted by Crippen LogP contribution is -2.46. The topological polar surface area (TPSA) is 61.9 Å². The van der Waals surface area contributed by atoms with Crippen molar-refractivity contribution in [3.63, 3.8) is 0 Å². The lowest BCUT2D eigenvalue weighted by molar-refractivity contribution is -0.125. The maximum atomic E-state index is 12.4. The molecule has 142 valence electrons. The number of likely N-dealkylation sites (tertiary alicyclic amines) is 1. The average molecular weight is 359 g/mol. The molecule has 2 amide bonds. The molecule has 6 nitrogen and oxygen atoms in total. The van der Waals surface area contributed by atoms with E-state index in [1.165, 1.54) is 0 Å². The summed E-state index contributed by atoms with van der Waals surface area (Å²) in [5.74, 6) is 1.17. The van der Waals surface area contributed by atoms with Crippen LogP contribution in [0.3, 0.4) is 0 Å². The van der Waals surface area contributed by atoms with E-state index in [9.17, 15) is 9.59 Å². The zero-order valence-corrected chi connectivity index (χ0v) is 15.7. The van der Waals surface area contributed by atoms with Gasteiger partial charge in [0.25, 0.3) is 5.91 Å². The number of piperidine rings is 1. The maximum absolute atomic E-state index is 12.4. The van der Waals surface area contributed by atoms with Crippen LogP contribution >= 0.6 is 0 Å². The highest BCUT2D eigenvalue weighted by Gasteiger charge is 2.31. The predicted molar refractivity (Wildman–Crippen MR) is 101 cm³/mol. The zero-order chi connectivity index (χ0) is 18.5. The van der Waals surface area contributed by atoms with Crippen LogP contribution in [0.4, 0.5) is 5.69 Å². The third-order valence-corrected chi connectivity index (χ3v) is 5.38. The summed E-state index contributed by atoms with van der Waals surface area (Å²) in [5.41, 5.74) is 0.746. The molecule has 2 aliphatic rings. The number of fused-ring (bicyclic) bond motifs is 1. The van der Waals surface area contributed by atoms with Gasteiger partial charge in [0.05, 0.1) is 5.69 Å².